The van der Waals surface area contributed by atoms with Crippen molar-refractivity contribution in [1.29, 1.82) is 0 Å². The molecule has 1 aliphatic carbocycles. The molecule has 19 heavy (non-hydrogen) atoms. The van der Waals surface area contributed by atoms with Gasteiger partial charge in [0.25, 0.3) is 0 Å². The summed E-state index contributed by atoms with van der Waals surface area (Å²) in [5.41, 5.74) is -0.446. The van der Waals surface area contributed by atoms with Gasteiger partial charge in [-0.3, -0.25) is 4.90 Å². The van der Waals surface area contributed by atoms with Crippen LogP contribution in [0.25, 0.3) is 0 Å². The zero-order valence-electron chi connectivity index (χ0n) is 11.8. The van der Waals surface area contributed by atoms with Gasteiger partial charge in [-0.25, -0.2) is 9.78 Å². The van der Waals surface area contributed by atoms with Gasteiger partial charge in [0.05, 0.1) is 6.04 Å². The Morgan fingerprint density at radius 3 is 2.74 bits per heavy atom. The van der Waals surface area contributed by atoms with Gasteiger partial charge in [-0.2, -0.15) is 0 Å². The molecule has 1 saturated carbocycles. The van der Waals surface area contributed by atoms with Crippen molar-refractivity contribution in [1.82, 2.24) is 14.5 Å². The third kappa shape index (κ3) is 2.46. The van der Waals surface area contributed by atoms with Gasteiger partial charge in [-0.05, 0) is 39.5 Å². The molecule has 0 saturated heterocycles. The molecule has 1 aromatic rings. The van der Waals surface area contributed by atoms with Gasteiger partial charge in [0.1, 0.15) is 11.4 Å². The maximum Gasteiger partial charge on any atom is 0.410 e. The standard InChI is InChI=1S/C14H21N3O2/c1-14(2,3)19-13(18)17-9-8-16-7-6-15-12(16)11(17)10-4-5-10/h6-7,10-11H,4-5,8-9H2,1-3H3. The molecule has 104 valence electrons. The number of nitrogens with zero attached hydrogens (tertiary/aromatic N) is 3. The molecule has 0 radical (unpaired) electrons. The maximum absolute atomic E-state index is 12.4. The Kier molecular flexibility index (Phi) is 2.80. The topological polar surface area (TPSA) is 47.4 Å². The molecule has 2 heterocycles. The lowest BCUT2D eigenvalue weighted by molar-refractivity contribution is 0.00708. The summed E-state index contributed by atoms with van der Waals surface area (Å²) >= 11 is 0. The number of fused-ring (bicyclic) bond motifs is 1. The molecule has 1 fully saturated rings. The Hall–Kier alpha value is -1.52. The quantitative estimate of drug-likeness (QED) is 0.782. The molecule has 1 atom stereocenters. The van der Waals surface area contributed by atoms with Gasteiger partial charge >= 0.3 is 6.09 Å². The van der Waals surface area contributed by atoms with Crippen molar-refractivity contribution in [2.45, 2.75) is 51.8 Å². The second-order valence-electron chi connectivity index (χ2n) is 6.43. The fourth-order valence-electron chi connectivity index (χ4n) is 2.67. The largest absolute Gasteiger partial charge is 0.444 e. The van der Waals surface area contributed by atoms with Crippen molar-refractivity contribution in [3.05, 3.63) is 18.2 Å². The number of carbonyl (C=O) groups excluding carboxylic acids is 1. The Morgan fingerprint density at radius 2 is 2.11 bits per heavy atom. The number of amides is 1. The van der Waals surface area contributed by atoms with Crippen LogP contribution in [0.3, 0.4) is 0 Å². The second-order valence-corrected chi connectivity index (χ2v) is 6.43. The van der Waals surface area contributed by atoms with E-state index in [2.05, 4.69) is 9.55 Å². The molecule has 0 N–H and O–H groups in total. The minimum atomic E-state index is -0.446. The average molecular weight is 263 g/mol. The summed E-state index contributed by atoms with van der Waals surface area (Å²) in [5.74, 6) is 1.56. The van der Waals surface area contributed by atoms with E-state index >= 15 is 0 Å². The summed E-state index contributed by atoms with van der Waals surface area (Å²) < 4.78 is 7.68. The van der Waals surface area contributed by atoms with E-state index in [1.807, 2.05) is 38.1 Å². The van der Waals surface area contributed by atoms with E-state index in [0.717, 1.165) is 12.4 Å². The molecule has 3 rings (SSSR count). The number of hydrogen-bond acceptors (Lipinski definition) is 3. The van der Waals surface area contributed by atoms with Gasteiger partial charge in [-0.1, -0.05) is 0 Å². The summed E-state index contributed by atoms with van der Waals surface area (Å²) in [7, 11) is 0. The monoisotopic (exact) mass is 263 g/mol. The maximum atomic E-state index is 12.4. The number of hydrogen-bond donors (Lipinski definition) is 0. The summed E-state index contributed by atoms with van der Waals surface area (Å²) in [5, 5.41) is 0. The number of carbonyl (C=O) groups is 1. The predicted octanol–water partition coefficient (Wildman–Crippen LogP) is 2.58. The van der Waals surface area contributed by atoms with E-state index in [-0.39, 0.29) is 12.1 Å². The lowest BCUT2D eigenvalue weighted by Crippen LogP contribution is -2.45. The summed E-state index contributed by atoms with van der Waals surface area (Å²) in [6, 6.07) is 0.0959. The number of imidazole rings is 1. The molecular formula is C14H21N3O2. The third-order valence-corrected chi connectivity index (χ3v) is 3.63. The second kappa shape index (κ2) is 4.25. The number of rotatable bonds is 1. The normalized spacial score (nSPS) is 23.1. The van der Waals surface area contributed by atoms with Gasteiger partial charge in [0.2, 0.25) is 0 Å². The van der Waals surface area contributed by atoms with Crippen molar-refractivity contribution in [3.8, 4) is 0 Å². The van der Waals surface area contributed by atoms with Crippen LogP contribution in [-0.2, 0) is 11.3 Å². The predicted molar refractivity (Wildman–Crippen MR) is 70.6 cm³/mol. The lowest BCUT2D eigenvalue weighted by Gasteiger charge is -2.37. The molecule has 0 spiro atoms. The molecule has 1 unspecified atom stereocenters. The van der Waals surface area contributed by atoms with Crippen LogP contribution in [0, 0.1) is 5.92 Å². The molecule has 1 aliphatic heterocycles. The number of ether oxygens (including phenoxy) is 1. The highest BCUT2D eigenvalue weighted by molar-refractivity contribution is 5.69. The minimum absolute atomic E-state index is 0.0959. The summed E-state index contributed by atoms with van der Waals surface area (Å²) in [6.45, 7) is 7.23. The highest BCUT2D eigenvalue weighted by Crippen LogP contribution is 2.45. The Bertz CT molecular complexity index is 485. The first-order chi connectivity index (χ1) is 8.96. The fraction of sp³-hybridized carbons (Fsp3) is 0.714. The lowest BCUT2D eigenvalue weighted by atomic mass is 10.1. The number of aromatic nitrogens is 2. The highest BCUT2D eigenvalue weighted by atomic mass is 16.6. The van der Waals surface area contributed by atoms with E-state index in [4.69, 9.17) is 4.74 Å². The van der Waals surface area contributed by atoms with Crippen LogP contribution in [0.1, 0.15) is 45.5 Å². The van der Waals surface area contributed by atoms with Crippen LogP contribution in [-0.4, -0.2) is 32.7 Å². The van der Waals surface area contributed by atoms with Gasteiger partial charge < -0.3 is 9.30 Å². The van der Waals surface area contributed by atoms with Crippen LogP contribution in [0.5, 0.6) is 0 Å². The van der Waals surface area contributed by atoms with Crippen molar-refractivity contribution in [3.63, 3.8) is 0 Å². The third-order valence-electron chi connectivity index (χ3n) is 3.63. The fourth-order valence-corrected chi connectivity index (χ4v) is 2.67. The van der Waals surface area contributed by atoms with Crippen LogP contribution < -0.4 is 0 Å². The zero-order valence-corrected chi connectivity index (χ0v) is 11.8. The van der Waals surface area contributed by atoms with Crippen molar-refractivity contribution >= 4 is 6.09 Å². The SMILES string of the molecule is CC(C)(C)OC(=O)N1CCn2ccnc2C1C1CC1. The van der Waals surface area contributed by atoms with Crippen molar-refractivity contribution in [2.75, 3.05) is 6.54 Å². The van der Waals surface area contributed by atoms with Crippen LogP contribution in [0.4, 0.5) is 4.79 Å². The van der Waals surface area contributed by atoms with E-state index in [9.17, 15) is 4.79 Å². The Labute approximate surface area is 113 Å². The first-order valence-electron chi connectivity index (χ1n) is 6.96. The molecule has 1 amide bonds. The Balaban J connectivity index is 1.84. The molecule has 0 bridgehead atoms. The molecule has 5 heteroatoms. The average Bonchev–Trinajstić information content (AvgIpc) is 3.02. The molecule has 0 aromatic carbocycles. The van der Waals surface area contributed by atoms with E-state index in [1.165, 1.54) is 12.8 Å². The Morgan fingerprint density at radius 1 is 1.37 bits per heavy atom. The van der Waals surface area contributed by atoms with Gasteiger partial charge in [-0.15, -0.1) is 0 Å². The first kappa shape index (κ1) is 12.5. The van der Waals surface area contributed by atoms with Gasteiger partial charge in [0, 0.05) is 25.5 Å². The van der Waals surface area contributed by atoms with Gasteiger partial charge in [0.15, 0.2) is 0 Å². The minimum Gasteiger partial charge on any atom is -0.444 e. The molecule has 1 aromatic heterocycles. The van der Waals surface area contributed by atoms with E-state index in [0.29, 0.717) is 12.5 Å². The molecule has 2 aliphatic rings. The van der Waals surface area contributed by atoms with Crippen molar-refractivity contribution < 1.29 is 9.53 Å². The van der Waals surface area contributed by atoms with Crippen LogP contribution in [0.15, 0.2) is 12.4 Å². The highest BCUT2D eigenvalue weighted by Gasteiger charge is 2.43. The van der Waals surface area contributed by atoms with Crippen LogP contribution >= 0.6 is 0 Å². The summed E-state index contributed by atoms with van der Waals surface area (Å²) in [6.07, 6.45) is 5.97. The molecular weight excluding hydrogens is 242 g/mol. The van der Waals surface area contributed by atoms with E-state index in [1.54, 1.807) is 0 Å². The molecule has 5 nitrogen and oxygen atoms in total. The first-order valence-corrected chi connectivity index (χ1v) is 6.96. The summed E-state index contributed by atoms with van der Waals surface area (Å²) in [4.78, 5) is 18.7. The van der Waals surface area contributed by atoms with Crippen LogP contribution in [0.2, 0.25) is 0 Å². The smallest absolute Gasteiger partial charge is 0.410 e. The van der Waals surface area contributed by atoms with E-state index < -0.39 is 5.60 Å². The van der Waals surface area contributed by atoms with Crippen molar-refractivity contribution in [2.24, 2.45) is 5.92 Å². The zero-order chi connectivity index (χ0) is 13.6.